The fourth-order valence-corrected chi connectivity index (χ4v) is 1.50. The standard InChI is InChI=1S/C13H18N2O2S/c1-3-7-15-13(16)9(2)17-11-6-4-5-10(8-11)12(14)18/h4-6,8-9H,3,7H2,1-2H3,(H2,14,18)(H,15,16). The van der Waals surface area contributed by atoms with Gasteiger partial charge in [0.2, 0.25) is 0 Å². The lowest BCUT2D eigenvalue weighted by Crippen LogP contribution is -2.36. The second kappa shape index (κ2) is 6.96. The Morgan fingerprint density at radius 3 is 2.89 bits per heavy atom. The summed E-state index contributed by atoms with van der Waals surface area (Å²) in [7, 11) is 0. The molecule has 1 unspecified atom stereocenters. The van der Waals surface area contributed by atoms with Crippen LogP contribution in [0.3, 0.4) is 0 Å². The third-order valence-electron chi connectivity index (χ3n) is 2.35. The maximum atomic E-state index is 11.6. The maximum absolute atomic E-state index is 11.6. The van der Waals surface area contributed by atoms with E-state index in [4.69, 9.17) is 22.7 Å². The topological polar surface area (TPSA) is 64.3 Å². The Balaban J connectivity index is 2.63. The summed E-state index contributed by atoms with van der Waals surface area (Å²) in [5, 5.41) is 2.78. The van der Waals surface area contributed by atoms with Crippen LogP contribution in [-0.2, 0) is 4.79 Å². The minimum Gasteiger partial charge on any atom is -0.481 e. The van der Waals surface area contributed by atoms with Crippen LogP contribution in [0.4, 0.5) is 0 Å². The van der Waals surface area contributed by atoms with Crippen LogP contribution in [0.25, 0.3) is 0 Å². The number of thiocarbonyl (C=S) groups is 1. The van der Waals surface area contributed by atoms with Gasteiger partial charge in [-0.3, -0.25) is 4.79 Å². The van der Waals surface area contributed by atoms with Gasteiger partial charge in [0.05, 0.1) is 0 Å². The number of amides is 1. The van der Waals surface area contributed by atoms with Crippen molar-refractivity contribution in [2.45, 2.75) is 26.4 Å². The van der Waals surface area contributed by atoms with Crippen molar-refractivity contribution >= 4 is 23.1 Å². The number of benzene rings is 1. The average molecular weight is 266 g/mol. The Bertz CT molecular complexity index is 435. The van der Waals surface area contributed by atoms with E-state index < -0.39 is 6.10 Å². The molecule has 0 heterocycles. The first-order chi connectivity index (χ1) is 8.54. The van der Waals surface area contributed by atoms with Crippen LogP contribution in [0.2, 0.25) is 0 Å². The molecule has 0 aliphatic carbocycles. The van der Waals surface area contributed by atoms with Gasteiger partial charge in [-0.2, -0.15) is 0 Å². The molecule has 1 aromatic rings. The Labute approximate surface area is 113 Å². The second-order valence-corrected chi connectivity index (χ2v) is 4.38. The Kier molecular flexibility index (Phi) is 5.58. The van der Waals surface area contributed by atoms with Crippen LogP contribution in [0.5, 0.6) is 5.75 Å². The molecule has 1 amide bonds. The highest BCUT2D eigenvalue weighted by Gasteiger charge is 2.13. The van der Waals surface area contributed by atoms with E-state index >= 15 is 0 Å². The molecule has 0 saturated carbocycles. The number of rotatable bonds is 6. The molecule has 1 aromatic carbocycles. The van der Waals surface area contributed by atoms with Crippen molar-refractivity contribution in [1.82, 2.24) is 5.32 Å². The lowest BCUT2D eigenvalue weighted by Gasteiger charge is -2.14. The van der Waals surface area contributed by atoms with Crippen LogP contribution < -0.4 is 15.8 Å². The lowest BCUT2D eigenvalue weighted by molar-refractivity contribution is -0.127. The summed E-state index contributed by atoms with van der Waals surface area (Å²) in [6, 6.07) is 7.09. The summed E-state index contributed by atoms with van der Waals surface area (Å²) >= 11 is 4.89. The highest BCUT2D eigenvalue weighted by molar-refractivity contribution is 7.80. The van der Waals surface area contributed by atoms with E-state index in [1.165, 1.54) is 0 Å². The molecule has 5 heteroatoms. The minimum absolute atomic E-state index is 0.127. The summed E-state index contributed by atoms with van der Waals surface area (Å²) in [6.45, 7) is 4.36. The number of ether oxygens (including phenoxy) is 1. The molecule has 0 saturated heterocycles. The summed E-state index contributed by atoms with van der Waals surface area (Å²) < 4.78 is 5.54. The average Bonchev–Trinajstić information content (AvgIpc) is 2.36. The molecule has 4 nitrogen and oxygen atoms in total. The number of nitrogens with two attached hydrogens (primary N) is 1. The van der Waals surface area contributed by atoms with Gasteiger partial charge in [-0.15, -0.1) is 0 Å². The fraction of sp³-hybridized carbons (Fsp3) is 0.385. The molecule has 1 rings (SSSR count). The van der Waals surface area contributed by atoms with Crippen molar-refractivity contribution < 1.29 is 9.53 Å². The monoisotopic (exact) mass is 266 g/mol. The van der Waals surface area contributed by atoms with Crippen LogP contribution in [0.1, 0.15) is 25.8 Å². The zero-order valence-corrected chi connectivity index (χ0v) is 11.4. The molecule has 3 N–H and O–H groups in total. The van der Waals surface area contributed by atoms with Gasteiger partial charge in [-0.05, 0) is 25.5 Å². The number of nitrogens with one attached hydrogen (secondary N) is 1. The molecular formula is C13H18N2O2S. The van der Waals surface area contributed by atoms with E-state index in [9.17, 15) is 4.79 Å². The molecule has 0 aromatic heterocycles. The molecule has 1 atom stereocenters. The minimum atomic E-state index is -0.543. The molecule has 0 spiro atoms. The molecule has 98 valence electrons. The van der Waals surface area contributed by atoms with Gasteiger partial charge in [0.15, 0.2) is 6.10 Å². The van der Waals surface area contributed by atoms with Crippen LogP contribution in [0.15, 0.2) is 24.3 Å². The number of carbonyl (C=O) groups is 1. The normalized spacial score (nSPS) is 11.7. The van der Waals surface area contributed by atoms with Gasteiger partial charge in [-0.1, -0.05) is 31.3 Å². The van der Waals surface area contributed by atoms with Crippen molar-refractivity contribution in [3.8, 4) is 5.75 Å². The summed E-state index contributed by atoms with van der Waals surface area (Å²) in [4.78, 5) is 11.9. The smallest absolute Gasteiger partial charge is 0.260 e. The third-order valence-corrected chi connectivity index (χ3v) is 2.59. The predicted molar refractivity (Wildman–Crippen MR) is 75.7 cm³/mol. The lowest BCUT2D eigenvalue weighted by atomic mass is 10.2. The summed E-state index contributed by atoms with van der Waals surface area (Å²) in [5.74, 6) is 0.456. The summed E-state index contributed by atoms with van der Waals surface area (Å²) in [6.07, 6.45) is 0.355. The zero-order valence-electron chi connectivity index (χ0n) is 10.6. The molecule has 0 aliphatic rings. The Hall–Kier alpha value is -1.62. The molecule has 18 heavy (non-hydrogen) atoms. The van der Waals surface area contributed by atoms with E-state index in [-0.39, 0.29) is 5.91 Å². The van der Waals surface area contributed by atoms with Gasteiger partial charge >= 0.3 is 0 Å². The number of hydrogen-bond donors (Lipinski definition) is 2. The van der Waals surface area contributed by atoms with E-state index in [1.807, 2.05) is 6.92 Å². The van der Waals surface area contributed by atoms with Gasteiger partial charge < -0.3 is 15.8 Å². The maximum Gasteiger partial charge on any atom is 0.260 e. The first kappa shape index (κ1) is 14.4. The predicted octanol–water partition coefficient (Wildman–Crippen LogP) is 1.61. The fourth-order valence-electron chi connectivity index (χ4n) is 1.37. The van der Waals surface area contributed by atoms with Crippen LogP contribution in [0, 0.1) is 0 Å². The largest absolute Gasteiger partial charge is 0.481 e. The Morgan fingerprint density at radius 1 is 1.56 bits per heavy atom. The first-order valence-corrected chi connectivity index (χ1v) is 6.29. The highest BCUT2D eigenvalue weighted by atomic mass is 32.1. The van der Waals surface area contributed by atoms with Crippen molar-refractivity contribution in [2.24, 2.45) is 5.73 Å². The van der Waals surface area contributed by atoms with E-state index in [0.717, 1.165) is 12.0 Å². The zero-order chi connectivity index (χ0) is 13.5. The van der Waals surface area contributed by atoms with Gasteiger partial charge in [0.25, 0.3) is 5.91 Å². The highest BCUT2D eigenvalue weighted by Crippen LogP contribution is 2.15. The third kappa shape index (κ3) is 4.33. The van der Waals surface area contributed by atoms with E-state index in [2.05, 4.69) is 5.32 Å². The molecule has 0 radical (unpaired) electrons. The molecular weight excluding hydrogens is 248 g/mol. The first-order valence-electron chi connectivity index (χ1n) is 5.88. The number of hydrogen-bond acceptors (Lipinski definition) is 3. The number of carbonyl (C=O) groups excluding carboxylic acids is 1. The van der Waals surface area contributed by atoms with Crippen molar-refractivity contribution in [3.05, 3.63) is 29.8 Å². The summed E-state index contributed by atoms with van der Waals surface area (Å²) in [5.41, 5.74) is 6.26. The van der Waals surface area contributed by atoms with Crippen molar-refractivity contribution in [2.75, 3.05) is 6.54 Å². The van der Waals surface area contributed by atoms with Crippen molar-refractivity contribution in [3.63, 3.8) is 0 Å². The van der Waals surface area contributed by atoms with Gasteiger partial charge in [-0.25, -0.2) is 0 Å². The SMILES string of the molecule is CCCNC(=O)C(C)Oc1cccc(C(N)=S)c1. The van der Waals surface area contributed by atoms with Gasteiger partial charge in [0.1, 0.15) is 10.7 Å². The van der Waals surface area contributed by atoms with E-state index in [1.54, 1.807) is 31.2 Å². The van der Waals surface area contributed by atoms with Crippen LogP contribution >= 0.6 is 12.2 Å². The van der Waals surface area contributed by atoms with Crippen LogP contribution in [-0.4, -0.2) is 23.5 Å². The Morgan fingerprint density at radius 2 is 2.28 bits per heavy atom. The quantitative estimate of drug-likeness (QED) is 0.768. The molecule has 0 aliphatic heterocycles. The van der Waals surface area contributed by atoms with Crippen molar-refractivity contribution in [1.29, 1.82) is 0 Å². The second-order valence-electron chi connectivity index (χ2n) is 3.94. The molecule has 0 bridgehead atoms. The molecule has 0 fully saturated rings. The van der Waals surface area contributed by atoms with Gasteiger partial charge in [0, 0.05) is 12.1 Å². The van der Waals surface area contributed by atoms with E-state index in [0.29, 0.717) is 17.3 Å².